The number of nitrogens with zero attached hydrogens (tertiary/aromatic N) is 1. The second kappa shape index (κ2) is 4.85. The van der Waals surface area contributed by atoms with Crippen molar-refractivity contribution in [2.24, 2.45) is 0 Å². The van der Waals surface area contributed by atoms with Gasteiger partial charge in [0.2, 0.25) is 0 Å². The lowest BCUT2D eigenvalue weighted by Crippen LogP contribution is -2.21. The number of aromatic carboxylic acids is 1. The minimum absolute atomic E-state index is 0.181. The van der Waals surface area contributed by atoms with Crippen LogP contribution in [-0.2, 0) is 0 Å². The van der Waals surface area contributed by atoms with Gasteiger partial charge in [-0.3, -0.25) is 4.79 Å². The maximum atomic E-state index is 11.8. The van der Waals surface area contributed by atoms with Crippen LogP contribution >= 0.6 is 11.6 Å². The van der Waals surface area contributed by atoms with E-state index in [1.54, 1.807) is 18.2 Å². The summed E-state index contributed by atoms with van der Waals surface area (Å²) in [5.41, 5.74) is 0.736. The lowest BCUT2D eigenvalue weighted by atomic mass is 10.1. The number of aryl methyl sites for hydroxylation is 2. The monoisotopic (exact) mass is 278 g/mol. The summed E-state index contributed by atoms with van der Waals surface area (Å²) in [6.45, 7) is 3.33. The van der Waals surface area contributed by atoms with Crippen LogP contribution in [0.2, 0.25) is 5.02 Å². The number of nitrogens with one attached hydrogen (secondary N) is 1. The van der Waals surface area contributed by atoms with Gasteiger partial charge in [-0.25, -0.2) is 9.78 Å². The number of aromatic nitrogens is 2. The minimum atomic E-state index is -1.29. The summed E-state index contributed by atoms with van der Waals surface area (Å²) in [4.78, 5) is 29.3. The fraction of sp³-hybridized carbons (Fsp3) is 0.154. The number of benzene rings is 1. The summed E-state index contributed by atoms with van der Waals surface area (Å²) in [5, 5.41) is 9.51. The molecule has 0 aliphatic rings. The molecule has 19 heavy (non-hydrogen) atoms. The van der Waals surface area contributed by atoms with Gasteiger partial charge in [-0.2, -0.15) is 0 Å². The van der Waals surface area contributed by atoms with Crippen molar-refractivity contribution in [3.8, 4) is 11.4 Å². The van der Waals surface area contributed by atoms with Gasteiger partial charge in [-0.05, 0) is 37.6 Å². The van der Waals surface area contributed by atoms with Crippen LogP contribution in [0.25, 0.3) is 11.4 Å². The molecular weight excluding hydrogens is 268 g/mol. The molecule has 0 saturated heterocycles. The first-order valence-corrected chi connectivity index (χ1v) is 5.88. The van der Waals surface area contributed by atoms with Crippen LogP contribution in [0, 0.1) is 13.8 Å². The Morgan fingerprint density at radius 3 is 2.58 bits per heavy atom. The van der Waals surface area contributed by atoms with Crippen molar-refractivity contribution in [3.63, 3.8) is 0 Å². The van der Waals surface area contributed by atoms with Crippen molar-refractivity contribution < 1.29 is 9.90 Å². The molecule has 0 spiro atoms. The summed E-state index contributed by atoms with van der Waals surface area (Å²) >= 11 is 5.86. The SMILES string of the molecule is Cc1cc(Cl)ccc1-c1nc(C)c(C(=O)O)c(=O)[nH]1. The summed E-state index contributed by atoms with van der Waals surface area (Å²) in [5.74, 6) is -0.952. The van der Waals surface area contributed by atoms with Crippen LogP contribution in [0.15, 0.2) is 23.0 Å². The molecule has 0 aliphatic heterocycles. The van der Waals surface area contributed by atoms with Gasteiger partial charge in [0.1, 0.15) is 11.4 Å². The van der Waals surface area contributed by atoms with Gasteiger partial charge < -0.3 is 10.1 Å². The smallest absolute Gasteiger partial charge is 0.343 e. The van der Waals surface area contributed by atoms with Gasteiger partial charge in [-0.1, -0.05) is 11.6 Å². The predicted octanol–water partition coefficient (Wildman–Crippen LogP) is 2.41. The highest BCUT2D eigenvalue weighted by Gasteiger charge is 2.16. The zero-order valence-electron chi connectivity index (χ0n) is 10.3. The largest absolute Gasteiger partial charge is 0.477 e. The van der Waals surface area contributed by atoms with Gasteiger partial charge in [-0.15, -0.1) is 0 Å². The number of rotatable bonds is 2. The predicted molar refractivity (Wildman–Crippen MR) is 71.7 cm³/mol. The number of hydrogen-bond acceptors (Lipinski definition) is 3. The Labute approximate surface area is 113 Å². The third kappa shape index (κ3) is 2.51. The highest BCUT2D eigenvalue weighted by Crippen LogP contribution is 2.22. The number of carboxylic acid groups (broad SMARTS) is 1. The second-order valence-corrected chi connectivity index (χ2v) is 4.58. The highest BCUT2D eigenvalue weighted by molar-refractivity contribution is 6.30. The second-order valence-electron chi connectivity index (χ2n) is 4.14. The summed E-state index contributed by atoms with van der Waals surface area (Å²) in [6.07, 6.45) is 0. The molecular formula is C13H11ClN2O3. The maximum Gasteiger partial charge on any atom is 0.343 e. The maximum absolute atomic E-state index is 11.8. The number of carboxylic acids is 1. The topological polar surface area (TPSA) is 83.0 Å². The zero-order valence-corrected chi connectivity index (χ0v) is 11.1. The Balaban J connectivity index is 2.65. The molecule has 0 radical (unpaired) electrons. The number of hydrogen-bond donors (Lipinski definition) is 2. The first kappa shape index (κ1) is 13.3. The average molecular weight is 279 g/mol. The summed E-state index contributed by atoms with van der Waals surface area (Å²) in [6, 6.07) is 5.16. The van der Waals surface area contributed by atoms with E-state index in [2.05, 4.69) is 9.97 Å². The molecule has 0 amide bonds. The molecule has 6 heteroatoms. The van der Waals surface area contributed by atoms with Crippen LogP contribution in [0.4, 0.5) is 0 Å². The van der Waals surface area contributed by atoms with E-state index in [1.807, 2.05) is 6.92 Å². The quantitative estimate of drug-likeness (QED) is 0.883. The molecule has 0 unspecified atom stereocenters. The van der Waals surface area contributed by atoms with Crippen molar-refractivity contribution in [3.05, 3.63) is 50.4 Å². The van der Waals surface area contributed by atoms with Crippen LogP contribution in [0.1, 0.15) is 21.6 Å². The number of halogens is 1. The molecule has 1 heterocycles. The van der Waals surface area contributed by atoms with Crippen molar-refractivity contribution in [2.75, 3.05) is 0 Å². The molecule has 0 aliphatic carbocycles. The number of aromatic amines is 1. The first-order chi connectivity index (χ1) is 8.90. The van der Waals surface area contributed by atoms with Gasteiger partial charge in [0, 0.05) is 10.6 Å². The molecule has 1 aromatic heterocycles. The minimum Gasteiger partial charge on any atom is -0.477 e. The highest BCUT2D eigenvalue weighted by atomic mass is 35.5. The molecule has 5 nitrogen and oxygen atoms in total. The lowest BCUT2D eigenvalue weighted by Gasteiger charge is -2.07. The van der Waals surface area contributed by atoms with Crippen LogP contribution in [-0.4, -0.2) is 21.0 Å². The molecule has 0 bridgehead atoms. The third-order valence-electron chi connectivity index (χ3n) is 2.76. The molecule has 0 fully saturated rings. The van der Waals surface area contributed by atoms with Crippen molar-refractivity contribution in [1.29, 1.82) is 0 Å². The fourth-order valence-corrected chi connectivity index (χ4v) is 2.08. The van der Waals surface area contributed by atoms with Crippen molar-refractivity contribution in [2.45, 2.75) is 13.8 Å². The van der Waals surface area contributed by atoms with Gasteiger partial charge in [0.15, 0.2) is 0 Å². The van der Waals surface area contributed by atoms with Crippen LogP contribution < -0.4 is 5.56 Å². The first-order valence-electron chi connectivity index (χ1n) is 5.51. The van der Waals surface area contributed by atoms with E-state index < -0.39 is 11.5 Å². The van der Waals surface area contributed by atoms with E-state index in [1.165, 1.54) is 6.92 Å². The fourth-order valence-electron chi connectivity index (χ4n) is 1.86. The molecule has 2 N–H and O–H groups in total. The molecule has 0 saturated carbocycles. The Morgan fingerprint density at radius 2 is 2.05 bits per heavy atom. The van der Waals surface area contributed by atoms with Gasteiger partial charge in [0.05, 0.1) is 5.69 Å². The molecule has 98 valence electrons. The number of carbonyl (C=O) groups is 1. The van der Waals surface area contributed by atoms with E-state index in [4.69, 9.17) is 16.7 Å². The third-order valence-corrected chi connectivity index (χ3v) is 2.99. The van der Waals surface area contributed by atoms with E-state index in [-0.39, 0.29) is 11.3 Å². The molecule has 0 atom stereocenters. The Kier molecular flexibility index (Phi) is 3.40. The van der Waals surface area contributed by atoms with Crippen LogP contribution in [0.3, 0.4) is 0 Å². The van der Waals surface area contributed by atoms with E-state index in [9.17, 15) is 9.59 Å². The van der Waals surface area contributed by atoms with Gasteiger partial charge >= 0.3 is 5.97 Å². The normalized spacial score (nSPS) is 10.5. The Morgan fingerprint density at radius 1 is 1.37 bits per heavy atom. The lowest BCUT2D eigenvalue weighted by molar-refractivity contribution is 0.0693. The molecule has 2 rings (SSSR count). The van der Waals surface area contributed by atoms with E-state index in [0.29, 0.717) is 16.4 Å². The number of H-pyrrole nitrogens is 1. The van der Waals surface area contributed by atoms with Crippen molar-refractivity contribution in [1.82, 2.24) is 9.97 Å². The van der Waals surface area contributed by atoms with Crippen molar-refractivity contribution >= 4 is 17.6 Å². The standard InChI is InChI=1S/C13H11ClN2O3/c1-6-5-8(14)3-4-9(6)11-15-7(2)10(13(18)19)12(17)16-11/h3-5H,1-2H3,(H,18,19)(H,15,16,17). The summed E-state index contributed by atoms with van der Waals surface area (Å²) < 4.78 is 0. The van der Waals surface area contributed by atoms with E-state index >= 15 is 0 Å². The Hall–Kier alpha value is -2.14. The summed E-state index contributed by atoms with van der Waals surface area (Å²) in [7, 11) is 0. The van der Waals surface area contributed by atoms with E-state index in [0.717, 1.165) is 5.56 Å². The average Bonchev–Trinajstić information content (AvgIpc) is 2.26. The Bertz CT molecular complexity index is 722. The molecule has 2 aromatic rings. The zero-order chi connectivity index (χ0) is 14.2. The molecule has 1 aromatic carbocycles. The van der Waals surface area contributed by atoms with Crippen LogP contribution in [0.5, 0.6) is 0 Å². The van der Waals surface area contributed by atoms with Gasteiger partial charge in [0.25, 0.3) is 5.56 Å².